The molecule has 0 aliphatic carbocycles. The lowest BCUT2D eigenvalue weighted by Crippen LogP contribution is -2.36. The van der Waals surface area contributed by atoms with Gasteiger partial charge in [0, 0.05) is 12.2 Å². The first kappa shape index (κ1) is 15.8. The normalized spacial score (nSPS) is 13.4. The molecule has 0 radical (unpaired) electrons. The zero-order valence-electron chi connectivity index (χ0n) is 10.7. The van der Waals surface area contributed by atoms with Crippen LogP contribution in [0.3, 0.4) is 0 Å². The Morgan fingerprint density at radius 2 is 1.79 bits per heavy atom. The second-order valence-corrected chi connectivity index (χ2v) is 4.28. The summed E-state index contributed by atoms with van der Waals surface area (Å²) in [6.07, 6.45) is -4.39. The molecule has 0 amide bonds. The summed E-state index contributed by atoms with van der Waals surface area (Å²) in [5.41, 5.74) is 1.04. The number of alkyl halides is 3. The van der Waals surface area contributed by atoms with Crippen LogP contribution in [0.1, 0.15) is 25.0 Å². The van der Waals surface area contributed by atoms with Gasteiger partial charge < -0.3 is 15.1 Å². The molecule has 3 nitrogen and oxygen atoms in total. The van der Waals surface area contributed by atoms with Crippen LogP contribution >= 0.6 is 0 Å². The number of aliphatic hydroxyl groups excluding tert-OH is 2. The average Bonchev–Trinajstić information content (AvgIpc) is 2.36. The Bertz CT molecular complexity index is 378. The number of hydrogen-bond acceptors (Lipinski definition) is 3. The number of aliphatic hydroxyl groups is 2. The number of nitrogens with zero attached hydrogens (tertiary/aromatic N) is 1. The molecule has 1 rings (SSSR count). The highest BCUT2D eigenvalue weighted by Gasteiger charge is 2.30. The van der Waals surface area contributed by atoms with Gasteiger partial charge in [-0.05, 0) is 24.1 Å². The van der Waals surface area contributed by atoms with Gasteiger partial charge in [0.15, 0.2) is 0 Å². The average molecular weight is 277 g/mol. The predicted octanol–water partition coefficient (Wildman–Crippen LogP) is 2.49. The molecule has 0 aliphatic heterocycles. The van der Waals surface area contributed by atoms with Crippen molar-refractivity contribution in [3.63, 3.8) is 0 Å². The van der Waals surface area contributed by atoms with E-state index in [1.807, 2.05) is 6.92 Å². The molecule has 6 heteroatoms. The molecule has 108 valence electrons. The van der Waals surface area contributed by atoms with E-state index in [0.29, 0.717) is 17.7 Å². The minimum atomic E-state index is -4.32. The smallest absolute Gasteiger partial charge is 0.395 e. The summed E-state index contributed by atoms with van der Waals surface area (Å²) in [6, 6.07) is 6.25. The van der Waals surface area contributed by atoms with Crippen molar-refractivity contribution in [1.29, 1.82) is 0 Å². The van der Waals surface area contributed by atoms with Crippen LogP contribution in [0.2, 0.25) is 0 Å². The van der Waals surface area contributed by atoms with Gasteiger partial charge in [0.2, 0.25) is 0 Å². The van der Waals surface area contributed by atoms with Gasteiger partial charge >= 0.3 is 6.18 Å². The molecule has 0 unspecified atom stereocenters. The molecule has 1 aromatic carbocycles. The lowest BCUT2D eigenvalue weighted by molar-refractivity contribution is -0.119. The quantitative estimate of drug-likeness (QED) is 0.839. The highest BCUT2D eigenvalue weighted by molar-refractivity contribution is 5.48. The maximum Gasteiger partial charge on any atom is 0.405 e. The number of halogens is 3. The molecule has 2 N–H and O–H groups in total. The van der Waals surface area contributed by atoms with E-state index in [1.54, 1.807) is 12.1 Å². The molecule has 0 fully saturated rings. The summed E-state index contributed by atoms with van der Waals surface area (Å²) in [5.74, 6) is 0. The van der Waals surface area contributed by atoms with Crippen LogP contribution in [0.25, 0.3) is 0 Å². The fourth-order valence-corrected chi connectivity index (χ4v) is 1.78. The van der Waals surface area contributed by atoms with Crippen molar-refractivity contribution in [3.05, 3.63) is 29.8 Å². The van der Waals surface area contributed by atoms with Crippen molar-refractivity contribution in [2.24, 2.45) is 0 Å². The first-order chi connectivity index (χ1) is 8.87. The molecule has 19 heavy (non-hydrogen) atoms. The highest BCUT2D eigenvalue weighted by atomic mass is 19.4. The maximum absolute atomic E-state index is 12.4. The molecule has 0 saturated heterocycles. The van der Waals surface area contributed by atoms with Crippen LogP contribution in [0.4, 0.5) is 18.9 Å². The van der Waals surface area contributed by atoms with Gasteiger partial charge in [-0.15, -0.1) is 0 Å². The maximum atomic E-state index is 12.4. The third kappa shape index (κ3) is 5.08. The molecule has 0 aliphatic rings. The highest BCUT2D eigenvalue weighted by Crippen LogP contribution is 2.24. The molecule has 0 spiro atoms. The van der Waals surface area contributed by atoms with E-state index in [4.69, 9.17) is 5.11 Å². The Balaban J connectivity index is 2.85. The Labute approximate surface area is 110 Å². The van der Waals surface area contributed by atoms with Gasteiger partial charge in [0.1, 0.15) is 6.54 Å². The van der Waals surface area contributed by atoms with E-state index in [2.05, 4.69) is 0 Å². The molecular formula is C13H18F3NO2. The first-order valence-corrected chi connectivity index (χ1v) is 6.08. The van der Waals surface area contributed by atoms with E-state index in [9.17, 15) is 18.3 Å². The van der Waals surface area contributed by atoms with E-state index in [-0.39, 0.29) is 13.2 Å². The Morgan fingerprint density at radius 1 is 1.21 bits per heavy atom. The molecular weight excluding hydrogens is 259 g/mol. The van der Waals surface area contributed by atoms with Crippen molar-refractivity contribution in [3.8, 4) is 0 Å². The fraction of sp³-hybridized carbons (Fsp3) is 0.538. The summed E-state index contributed by atoms with van der Waals surface area (Å²) < 4.78 is 37.2. The monoisotopic (exact) mass is 277 g/mol. The van der Waals surface area contributed by atoms with Crippen LogP contribution in [0.5, 0.6) is 0 Å². The fourth-order valence-electron chi connectivity index (χ4n) is 1.78. The molecule has 0 saturated carbocycles. The van der Waals surface area contributed by atoms with E-state index in [0.717, 1.165) is 4.90 Å². The summed E-state index contributed by atoms with van der Waals surface area (Å²) in [6.45, 7) is 0.272. The third-order valence-electron chi connectivity index (χ3n) is 2.77. The van der Waals surface area contributed by atoms with Crippen LogP contribution < -0.4 is 4.90 Å². The zero-order chi connectivity index (χ0) is 14.5. The van der Waals surface area contributed by atoms with E-state index < -0.39 is 18.8 Å². The molecule has 1 atom stereocenters. The standard InChI is InChI=1S/C13H18F3NO2/c1-2-12(19)10-3-5-11(6-4-10)17(7-8-18)9-13(14,15)16/h3-6,12,18-19H,2,7-9H2,1H3/t12-/m1/s1. The lowest BCUT2D eigenvalue weighted by Gasteiger charge is -2.25. The lowest BCUT2D eigenvalue weighted by atomic mass is 10.1. The summed E-state index contributed by atoms with van der Waals surface area (Å²) in [7, 11) is 0. The van der Waals surface area contributed by atoms with E-state index >= 15 is 0 Å². The minimum Gasteiger partial charge on any atom is -0.395 e. The third-order valence-corrected chi connectivity index (χ3v) is 2.77. The summed E-state index contributed by atoms with van der Waals surface area (Å²) in [5, 5.41) is 18.4. The van der Waals surface area contributed by atoms with Gasteiger partial charge in [0.05, 0.1) is 12.7 Å². The Kier molecular flexibility index (Phi) is 5.62. The molecule has 0 heterocycles. The summed E-state index contributed by atoms with van der Waals surface area (Å²) in [4.78, 5) is 1.06. The topological polar surface area (TPSA) is 43.7 Å². The second kappa shape index (κ2) is 6.77. The van der Waals surface area contributed by atoms with Gasteiger partial charge in [0.25, 0.3) is 0 Å². The van der Waals surface area contributed by atoms with Gasteiger partial charge in [-0.2, -0.15) is 13.2 Å². The van der Waals surface area contributed by atoms with Crippen LogP contribution in [-0.4, -0.2) is 36.1 Å². The number of hydrogen-bond donors (Lipinski definition) is 2. The largest absolute Gasteiger partial charge is 0.405 e. The first-order valence-electron chi connectivity index (χ1n) is 6.08. The van der Waals surface area contributed by atoms with Crippen molar-refractivity contribution in [2.45, 2.75) is 25.6 Å². The Hall–Kier alpha value is -1.27. The number of benzene rings is 1. The van der Waals surface area contributed by atoms with Gasteiger partial charge in [-0.1, -0.05) is 19.1 Å². The van der Waals surface area contributed by atoms with Crippen molar-refractivity contribution >= 4 is 5.69 Å². The van der Waals surface area contributed by atoms with Crippen LogP contribution in [0.15, 0.2) is 24.3 Å². The molecule has 1 aromatic rings. The SMILES string of the molecule is CC[C@@H](O)c1ccc(N(CCO)CC(F)(F)F)cc1. The van der Waals surface area contributed by atoms with Crippen molar-refractivity contribution < 1.29 is 23.4 Å². The van der Waals surface area contributed by atoms with Crippen LogP contribution in [-0.2, 0) is 0 Å². The zero-order valence-corrected chi connectivity index (χ0v) is 10.7. The minimum absolute atomic E-state index is 0.0881. The molecule has 0 bridgehead atoms. The van der Waals surface area contributed by atoms with Crippen molar-refractivity contribution in [2.75, 3.05) is 24.6 Å². The number of rotatable bonds is 6. The Morgan fingerprint density at radius 3 is 2.21 bits per heavy atom. The molecule has 0 aromatic heterocycles. The second-order valence-electron chi connectivity index (χ2n) is 4.28. The van der Waals surface area contributed by atoms with Crippen LogP contribution in [0, 0.1) is 0 Å². The van der Waals surface area contributed by atoms with Gasteiger partial charge in [-0.3, -0.25) is 0 Å². The van der Waals surface area contributed by atoms with E-state index in [1.165, 1.54) is 12.1 Å². The number of anilines is 1. The van der Waals surface area contributed by atoms with Crippen molar-refractivity contribution in [1.82, 2.24) is 0 Å². The predicted molar refractivity (Wildman–Crippen MR) is 67.0 cm³/mol. The summed E-state index contributed by atoms with van der Waals surface area (Å²) >= 11 is 0. The van der Waals surface area contributed by atoms with Gasteiger partial charge in [-0.25, -0.2) is 0 Å².